The molecule has 0 aromatic heterocycles. The zero-order valence-corrected chi connectivity index (χ0v) is 12.9. The summed E-state index contributed by atoms with van der Waals surface area (Å²) in [7, 11) is 2.12. The number of rotatable bonds is 1. The van der Waals surface area contributed by atoms with E-state index in [1.807, 2.05) is 29.2 Å². The Hall–Kier alpha value is -1.75. The number of benzene rings is 1. The van der Waals surface area contributed by atoms with E-state index in [-0.39, 0.29) is 5.91 Å². The Bertz CT molecular complexity index is 522. The first-order valence-electron chi connectivity index (χ1n) is 7.56. The van der Waals surface area contributed by atoms with Crippen LogP contribution in [0.2, 0.25) is 0 Å². The van der Waals surface area contributed by atoms with Crippen LogP contribution in [-0.4, -0.2) is 60.6 Å². The monoisotopic (exact) mass is 289 g/mol. The van der Waals surface area contributed by atoms with Crippen LogP contribution in [0.1, 0.15) is 13.8 Å². The summed E-state index contributed by atoms with van der Waals surface area (Å²) in [6.07, 6.45) is -0.428. The fourth-order valence-electron chi connectivity index (χ4n) is 3.04. The van der Waals surface area contributed by atoms with Gasteiger partial charge in [-0.3, -0.25) is 9.69 Å². The van der Waals surface area contributed by atoms with E-state index < -0.39 is 6.10 Å². The first-order valence-corrected chi connectivity index (χ1v) is 7.56. The third-order valence-corrected chi connectivity index (χ3v) is 4.58. The maximum Gasteiger partial charge on any atom is 0.265 e. The molecule has 2 heterocycles. The standard InChI is InChI=1S/C16H23N3O2/c1-11-9-19(10-12(2)18(11)3)16(20)15-8-17-13-6-4-5-7-14(13)21-15/h4-7,11-12,15,17H,8-10H2,1-3H3. The molecular weight excluding hydrogens is 266 g/mol. The van der Waals surface area contributed by atoms with Crippen LogP contribution < -0.4 is 10.1 Å². The van der Waals surface area contributed by atoms with Crippen LogP contribution in [-0.2, 0) is 4.79 Å². The number of ether oxygens (including phenoxy) is 1. The van der Waals surface area contributed by atoms with Crippen molar-refractivity contribution in [2.45, 2.75) is 32.0 Å². The fourth-order valence-corrected chi connectivity index (χ4v) is 3.04. The molecule has 1 fully saturated rings. The molecule has 1 amide bonds. The minimum atomic E-state index is -0.428. The quantitative estimate of drug-likeness (QED) is 0.849. The second-order valence-electron chi connectivity index (χ2n) is 6.09. The SMILES string of the molecule is CC1CN(C(=O)C2CNc3ccccc3O2)CC(C)N1C. The molecule has 1 N–H and O–H groups in total. The smallest absolute Gasteiger partial charge is 0.265 e. The predicted molar refractivity (Wildman–Crippen MR) is 82.6 cm³/mol. The van der Waals surface area contributed by atoms with Gasteiger partial charge in [-0.25, -0.2) is 0 Å². The molecule has 1 aromatic rings. The van der Waals surface area contributed by atoms with Crippen molar-refractivity contribution in [1.82, 2.24) is 9.80 Å². The van der Waals surface area contributed by atoms with E-state index in [1.54, 1.807) is 0 Å². The molecule has 0 aliphatic carbocycles. The van der Waals surface area contributed by atoms with E-state index in [2.05, 4.69) is 31.1 Å². The van der Waals surface area contributed by atoms with E-state index in [1.165, 1.54) is 0 Å². The summed E-state index contributed by atoms with van der Waals surface area (Å²) in [6, 6.07) is 8.50. The maximum atomic E-state index is 12.7. The summed E-state index contributed by atoms with van der Waals surface area (Å²) >= 11 is 0. The largest absolute Gasteiger partial charge is 0.477 e. The molecule has 0 saturated carbocycles. The van der Waals surface area contributed by atoms with Gasteiger partial charge in [-0.2, -0.15) is 0 Å². The number of para-hydroxylation sites is 2. The fraction of sp³-hybridized carbons (Fsp3) is 0.562. The summed E-state index contributed by atoms with van der Waals surface area (Å²) in [5, 5.41) is 3.28. The van der Waals surface area contributed by atoms with Gasteiger partial charge in [0, 0.05) is 25.2 Å². The molecule has 2 aliphatic rings. The zero-order chi connectivity index (χ0) is 15.0. The van der Waals surface area contributed by atoms with Crippen molar-refractivity contribution in [1.29, 1.82) is 0 Å². The van der Waals surface area contributed by atoms with Crippen LogP contribution in [0.25, 0.3) is 0 Å². The van der Waals surface area contributed by atoms with Crippen LogP contribution in [0, 0.1) is 0 Å². The van der Waals surface area contributed by atoms with Gasteiger partial charge in [0.25, 0.3) is 5.91 Å². The molecule has 3 unspecified atom stereocenters. The second kappa shape index (κ2) is 5.56. The second-order valence-corrected chi connectivity index (χ2v) is 6.09. The molecule has 1 saturated heterocycles. The van der Waals surface area contributed by atoms with Crippen LogP contribution >= 0.6 is 0 Å². The highest BCUT2D eigenvalue weighted by atomic mass is 16.5. The number of hydrogen-bond donors (Lipinski definition) is 1. The van der Waals surface area contributed by atoms with Gasteiger partial charge in [0.15, 0.2) is 6.10 Å². The first kappa shape index (κ1) is 14.2. The lowest BCUT2D eigenvalue weighted by molar-refractivity contribution is -0.142. The molecule has 3 rings (SSSR count). The van der Waals surface area contributed by atoms with Crippen LogP contribution in [0.5, 0.6) is 5.75 Å². The Morgan fingerprint density at radius 1 is 1.24 bits per heavy atom. The van der Waals surface area contributed by atoms with Gasteiger partial charge in [-0.05, 0) is 33.0 Å². The Kier molecular flexibility index (Phi) is 3.76. The van der Waals surface area contributed by atoms with Gasteiger partial charge >= 0.3 is 0 Å². The van der Waals surface area contributed by atoms with Crippen molar-refractivity contribution in [2.24, 2.45) is 0 Å². The molecule has 21 heavy (non-hydrogen) atoms. The first-order chi connectivity index (χ1) is 10.1. The van der Waals surface area contributed by atoms with Crippen molar-refractivity contribution in [3.05, 3.63) is 24.3 Å². The van der Waals surface area contributed by atoms with Crippen LogP contribution in [0.4, 0.5) is 5.69 Å². The van der Waals surface area contributed by atoms with E-state index >= 15 is 0 Å². The van der Waals surface area contributed by atoms with Crippen LogP contribution in [0.3, 0.4) is 0 Å². The zero-order valence-electron chi connectivity index (χ0n) is 12.9. The minimum Gasteiger partial charge on any atom is -0.477 e. The topological polar surface area (TPSA) is 44.8 Å². The number of carbonyl (C=O) groups is 1. The summed E-state index contributed by atoms with van der Waals surface area (Å²) < 4.78 is 5.88. The van der Waals surface area contributed by atoms with Gasteiger partial charge in [0.1, 0.15) is 5.75 Å². The number of nitrogens with one attached hydrogen (secondary N) is 1. The third-order valence-electron chi connectivity index (χ3n) is 4.58. The number of amides is 1. The predicted octanol–water partition coefficient (Wildman–Crippen LogP) is 1.41. The molecule has 0 radical (unpaired) electrons. The molecule has 0 spiro atoms. The van der Waals surface area contributed by atoms with Crippen molar-refractivity contribution in [2.75, 3.05) is 32.0 Å². The van der Waals surface area contributed by atoms with Gasteiger partial charge in [0.05, 0.1) is 12.2 Å². The molecule has 5 nitrogen and oxygen atoms in total. The maximum absolute atomic E-state index is 12.7. The Morgan fingerprint density at radius 3 is 2.62 bits per heavy atom. The van der Waals surface area contributed by atoms with E-state index in [9.17, 15) is 4.79 Å². The van der Waals surface area contributed by atoms with Crippen molar-refractivity contribution in [3.63, 3.8) is 0 Å². The van der Waals surface area contributed by atoms with E-state index in [0.717, 1.165) is 24.5 Å². The molecule has 0 bridgehead atoms. The Morgan fingerprint density at radius 2 is 1.90 bits per heavy atom. The summed E-state index contributed by atoms with van der Waals surface area (Å²) in [5.74, 6) is 0.848. The highest BCUT2D eigenvalue weighted by Gasteiger charge is 2.35. The molecule has 3 atom stereocenters. The number of likely N-dealkylation sites (N-methyl/N-ethyl adjacent to an activating group) is 1. The minimum absolute atomic E-state index is 0.0869. The van der Waals surface area contributed by atoms with Gasteiger partial charge in [0.2, 0.25) is 0 Å². The van der Waals surface area contributed by atoms with E-state index in [4.69, 9.17) is 4.74 Å². The molecular formula is C16H23N3O2. The van der Waals surface area contributed by atoms with Gasteiger partial charge in [-0.15, -0.1) is 0 Å². The normalized spacial score (nSPS) is 29.3. The third kappa shape index (κ3) is 2.70. The lowest BCUT2D eigenvalue weighted by Crippen LogP contribution is -2.59. The highest BCUT2D eigenvalue weighted by Crippen LogP contribution is 2.29. The number of fused-ring (bicyclic) bond motifs is 1. The lowest BCUT2D eigenvalue weighted by atomic mass is 10.1. The average molecular weight is 289 g/mol. The summed E-state index contributed by atoms with van der Waals surface area (Å²) in [5.41, 5.74) is 0.960. The molecule has 114 valence electrons. The average Bonchev–Trinajstić information content (AvgIpc) is 2.51. The van der Waals surface area contributed by atoms with Gasteiger partial charge in [-0.1, -0.05) is 12.1 Å². The summed E-state index contributed by atoms with van der Waals surface area (Å²) in [6.45, 7) is 6.38. The summed E-state index contributed by atoms with van der Waals surface area (Å²) in [4.78, 5) is 17.0. The molecule has 2 aliphatic heterocycles. The number of carbonyl (C=O) groups excluding carboxylic acids is 1. The number of nitrogens with zero attached hydrogens (tertiary/aromatic N) is 2. The highest BCUT2D eigenvalue weighted by molar-refractivity contribution is 5.83. The van der Waals surface area contributed by atoms with Crippen molar-refractivity contribution >= 4 is 11.6 Å². The lowest BCUT2D eigenvalue weighted by Gasteiger charge is -2.43. The Balaban J connectivity index is 1.69. The Labute approximate surface area is 125 Å². The van der Waals surface area contributed by atoms with E-state index in [0.29, 0.717) is 18.6 Å². The molecule has 1 aromatic carbocycles. The van der Waals surface area contributed by atoms with Gasteiger partial charge < -0.3 is 15.0 Å². The molecule has 5 heteroatoms. The van der Waals surface area contributed by atoms with Crippen LogP contribution in [0.15, 0.2) is 24.3 Å². The number of anilines is 1. The van der Waals surface area contributed by atoms with Crippen molar-refractivity contribution < 1.29 is 9.53 Å². The van der Waals surface area contributed by atoms with Crippen molar-refractivity contribution in [3.8, 4) is 5.75 Å². The number of hydrogen-bond acceptors (Lipinski definition) is 4. The number of piperazine rings is 1.